The average Bonchev–Trinajstić information content (AvgIpc) is 3.08. The van der Waals surface area contributed by atoms with E-state index in [1.165, 1.54) is 6.20 Å². The molecule has 1 amide bonds. The molecule has 0 bridgehead atoms. The van der Waals surface area contributed by atoms with Crippen LogP contribution in [0.4, 0.5) is 11.4 Å². The molecule has 0 unspecified atom stereocenters. The maximum absolute atomic E-state index is 12.2. The fraction of sp³-hybridized carbons (Fsp3) is 0.0588. The van der Waals surface area contributed by atoms with Gasteiger partial charge < -0.3 is 15.1 Å². The average molecular weight is 372 g/mol. The minimum absolute atomic E-state index is 0.201. The summed E-state index contributed by atoms with van der Waals surface area (Å²) in [4.78, 5) is 16.3. The second kappa shape index (κ2) is 7.11. The van der Waals surface area contributed by atoms with Crippen LogP contribution in [0.1, 0.15) is 16.1 Å². The van der Waals surface area contributed by atoms with E-state index in [0.29, 0.717) is 17.9 Å². The van der Waals surface area contributed by atoms with Crippen molar-refractivity contribution in [3.05, 3.63) is 76.9 Å². The van der Waals surface area contributed by atoms with Gasteiger partial charge in [-0.3, -0.25) is 9.78 Å². The van der Waals surface area contributed by atoms with Crippen molar-refractivity contribution >= 4 is 33.2 Å². The summed E-state index contributed by atoms with van der Waals surface area (Å²) in [5.41, 5.74) is 2.15. The van der Waals surface area contributed by atoms with Crippen molar-refractivity contribution in [2.24, 2.45) is 0 Å². The highest BCUT2D eigenvalue weighted by molar-refractivity contribution is 9.10. The third-order valence-electron chi connectivity index (χ3n) is 3.14. The van der Waals surface area contributed by atoms with Gasteiger partial charge in [-0.15, -0.1) is 0 Å². The molecule has 3 rings (SSSR count). The van der Waals surface area contributed by atoms with Crippen LogP contribution < -0.4 is 10.6 Å². The molecule has 3 aromatic rings. The molecule has 6 heteroatoms. The number of hydrogen-bond acceptors (Lipinski definition) is 4. The predicted molar refractivity (Wildman–Crippen MR) is 91.5 cm³/mol. The van der Waals surface area contributed by atoms with Gasteiger partial charge in [0, 0.05) is 16.4 Å². The Labute approximate surface area is 141 Å². The zero-order chi connectivity index (χ0) is 16.1. The smallest absolute Gasteiger partial charge is 0.253 e. The number of carbonyl (C=O) groups excluding carboxylic acids is 1. The van der Waals surface area contributed by atoms with Crippen molar-refractivity contribution in [2.45, 2.75) is 6.54 Å². The van der Waals surface area contributed by atoms with E-state index in [1.54, 1.807) is 24.6 Å². The Bertz CT molecular complexity index is 786. The standard InChI is InChI=1S/C17H14BrN3O2/c18-13-3-5-14(6-4-13)21-15-8-12(9-19-10-15)17(22)20-11-16-2-1-7-23-16/h1-10,21H,11H2,(H,20,22). The highest BCUT2D eigenvalue weighted by Gasteiger charge is 2.08. The van der Waals surface area contributed by atoms with Crippen molar-refractivity contribution in [3.8, 4) is 0 Å². The van der Waals surface area contributed by atoms with Gasteiger partial charge in [-0.05, 0) is 42.5 Å². The summed E-state index contributed by atoms with van der Waals surface area (Å²) >= 11 is 3.39. The molecule has 1 aromatic carbocycles. The molecule has 116 valence electrons. The Morgan fingerprint density at radius 1 is 1.13 bits per heavy atom. The SMILES string of the molecule is O=C(NCc1ccco1)c1cncc(Nc2ccc(Br)cc2)c1. The van der Waals surface area contributed by atoms with E-state index in [1.807, 2.05) is 30.3 Å². The number of pyridine rings is 1. The summed E-state index contributed by atoms with van der Waals surface area (Å²) < 4.78 is 6.19. The van der Waals surface area contributed by atoms with Crippen molar-refractivity contribution in [1.29, 1.82) is 0 Å². The third kappa shape index (κ3) is 4.20. The van der Waals surface area contributed by atoms with E-state index in [2.05, 4.69) is 31.5 Å². The topological polar surface area (TPSA) is 67.2 Å². The van der Waals surface area contributed by atoms with Crippen LogP contribution in [-0.4, -0.2) is 10.9 Å². The lowest BCUT2D eigenvalue weighted by Gasteiger charge is -2.08. The Kier molecular flexibility index (Phi) is 4.73. The van der Waals surface area contributed by atoms with Crippen molar-refractivity contribution in [1.82, 2.24) is 10.3 Å². The van der Waals surface area contributed by atoms with E-state index < -0.39 is 0 Å². The normalized spacial score (nSPS) is 10.3. The van der Waals surface area contributed by atoms with E-state index in [4.69, 9.17) is 4.42 Å². The fourth-order valence-corrected chi connectivity index (χ4v) is 2.28. The molecule has 0 saturated carbocycles. The lowest BCUT2D eigenvalue weighted by Crippen LogP contribution is -2.22. The monoisotopic (exact) mass is 371 g/mol. The van der Waals surface area contributed by atoms with Crippen LogP contribution in [0, 0.1) is 0 Å². The van der Waals surface area contributed by atoms with Gasteiger partial charge in [0.2, 0.25) is 0 Å². The molecule has 0 aliphatic rings. The van der Waals surface area contributed by atoms with Gasteiger partial charge in [0.15, 0.2) is 0 Å². The minimum atomic E-state index is -0.201. The summed E-state index contributed by atoms with van der Waals surface area (Å²) in [6, 6.07) is 13.1. The summed E-state index contributed by atoms with van der Waals surface area (Å²) in [7, 11) is 0. The molecule has 2 aromatic heterocycles. The molecule has 0 atom stereocenters. The van der Waals surface area contributed by atoms with Gasteiger partial charge in [-0.2, -0.15) is 0 Å². The number of aromatic nitrogens is 1. The molecule has 0 aliphatic heterocycles. The number of furan rings is 1. The van der Waals surface area contributed by atoms with Crippen LogP contribution in [-0.2, 0) is 6.54 Å². The Balaban J connectivity index is 1.66. The molecular formula is C17H14BrN3O2. The zero-order valence-electron chi connectivity index (χ0n) is 12.1. The van der Waals surface area contributed by atoms with Crippen LogP contribution in [0.5, 0.6) is 0 Å². The highest BCUT2D eigenvalue weighted by atomic mass is 79.9. The summed E-state index contributed by atoms with van der Waals surface area (Å²) in [6.45, 7) is 0.343. The van der Waals surface area contributed by atoms with Crippen molar-refractivity contribution in [2.75, 3.05) is 5.32 Å². The molecule has 23 heavy (non-hydrogen) atoms. The summed E-state index contributed by atoms with van der Waals surface area (Å²) in [6.07, 6.45) is 4.78. The molecule has 0 aliphatic carbocycles. The molecular weight excluding hydrogens is 358 g/mol. The molecule has 2 N–H and O–H groups in total. The Hall–Kier alpha value is -2.60. The maximum Gasteiger partial charge on any atom is 0.253 e. The summed E-state index contributed by atoms with van der Waals surface area (Å²) in [5, 5.41) is 6.01. The number of halogens is 1. The second-order valence-corrected chi connectivity index (χ2v) is 5.77. The third-order valence-corrected chi connectivity index (χ3v) is 3.67. The van der Waals surface area contributed by atoms with Gasteiger partial charge in [-0.1, -0.05) is 15.9 Å². The number of rotatable bonds is 5. The first kappa shape index (κ1) is 15.3. The van der Waals surface area contributed by atoms with E-state index in [9.17, 15) is 4.79 Å². The van der Waals surface area contributed by atoms with Gasteiger partial charge in [0.1, 0.15) is 5.76 Å². The lowest BCUT2D eigenvalue weighted by atomic mass is 10.2. The van der Waals surface area contributed by atoms with E-state index in [-0.39, 0.29) is 5.91 Å². The van der Waals surface area contributed by atoms with Crippen LogP contribution in [0.25, 0.3) is 0 Å². The largest absolute Gasteiger partial charge is 0.467 e. The quantitative estimate of drug-likeness (QED) is 0.707. The molecule has 0 spiro atoms. The first-order chi connectivity index (χ1) is 11.2. The minimum Gasteiger partial charge on any atom is -0.467 e. The van der Waals surface area contributed by atoms with Crippen molar-refractivity contribution < 1.29 is 9.21 Å². The van der Waals surface area contributed by atoms with E-state index in [0.717, 1.165) is 15.8 Å². The van der Waals surface area contributed by atoms with Crippen LogP contribution in [0.3, 0.4) is 0 Å². The Morgan fingerprint density at radius 3 is 2.70 bits per heavy atom. The van der Waals surface area contributed by atoms with Crippen LogP contribution >= 0.6 is 15.9 Å². The number of nitrogens with one attached hydrogen (secondary N) is 2. The highest BCUT2D eigenvalue weighted by Crippen LogP contribution is 2.19. The molecule has 5 nitrogen and oxygen atoms in total. The molecule has 0 saturated heterocycles. The molecule has 0 radical (unpaired) electrons. The molecule has 0 fully saturated rings. The maximum atomic E-state index is 12.2. The lowest BCUT2D eigenvalue weighted by molar-refractivity contribution is 0.0947. The number of amides is 1. The summed E-state index contributed by atoms with van der Waals surface area (Å²) in [5.74, 6) is 0.504. The number of benzene rings is 1. The predicted octanol–water partition coefficient (Wildman–Crippen LogP) is 4.11. The number of anilines is 2. The molecule has 2 heterocycles. The van der Waals surface area contributed by atoms with Gasteiger partial charge in [-0.25, -0.2) is 0 Å². The van der Waals surface area contributed by atoms with Gasteiger partial charge in [0.25, 0.3) is 5.91 Å². The van der Waals surface area contributed by atoms with Gasteiger partial charge >= 0.3 is 0 Å². The Morgan fingerprint density at radius 2 is 1.96 bits per heavy atom. The van der Waals surface area contributed by atoms with Crippen LogP contribution in [0.2, 0.25) is 0 Å². The van der Waals surface area contributed by atoms with Crippen LogP contribution in [0.15, 0.2) is 70.0 Å². The van der Waals surface area contributed by atoms with Gasteiger partial charge in [0.05, 0.1) is 30.3 Å². The van der Waals surface area contributed by atoms with Crippen molar-refractivity contribution in [3.63, 3.8) is 0 Å². The first-order valence-electron chi connectivity index (χ1n) is 6.99. The number of carbonyl (C=O) groups is 1. The van der Waals surface area contributed by atoms with E-state index >= 15 is 0 Å². The zero-order valence-corrected chi connectivity index (χ0v) is 13.7. The second-order valence-electron chi connectivity index (χ2n) is 4.86. The number of hydrogen-bond donors (Lipinski definition) is 2. The number of nitrogens with zero attached hydrogens (tertiary/aromatic N) is 1. The first-order valence-corrected chi connectivity index (χ1v) is 7.78. The fourth-order valence-electron chi connectivity index (χ4n) is 2.01.